The van der Waals surface area contributed by atoms with E-state index in [0.717, 1.165) is 19.5 Å². The maximum atomic E-state index is 13.4. The highest BCUT2D eigenvalue weighted by molar-refractivity contribution is 5.35. The fraction of sp³-hybridized carbons (Fsp3) is 0.455. The molecule has 1 aliphatic rings. The van der Waals surface area contributed by atoms with E-state index in [0.29, 0.717) is 17.9 Å². The quantitative estimate of drug-likeness (QED) is 0.630. The van der Waals surface area contributed by atoms with Gasteiger partial charge in [-0.2, -0.15) is 0 Å². The Labute approximate surface area is 92.6 Å². The molecule has 2 rings (SSSR count). The second-order valence-corrected chi connectivity index (χ2v) is 4.10. The van der Waals surface area contributed by atoms with Crippen molar-refractivity contribution in [3.63, 3.8) is 0 Å². The van der Waals surface area contributed by atoms with E-state index in [-0.39, 0.29) is 11.5 Å². The molecule has 1 heterocycles. The Hall–Kier alpha value is -1.49. The van der Waals surface area contributed by atoms with E-state index in [1.165, 1.54) is 18.2 Å². The summed E-state index contributed by atoms with van der Waals surface area (Å²) in [4.78, 5) is 10.1. The third-order valence-electron chi connectivity index (χ3n) is 2.91. The van der Waals surface area contributed by atoms with Gasteiger partial charge in [-0.1, -0.05) is 0 Å². The summed E-state index contributed by atoms with van der Waals surface area (Å²) in [5.41, 5.74) is 0.408. The lowest BCUT2D eigenvalue weighted by atomic mass is 9.98. The number of halogens is 1. The van der Waals surface area contributed by atoms with Crippen molar-refractivity contribution in [3.05, 3.63) is 39.7 Å². The van der Waals surface area contributed by atoms with Gasteiger partial charge in [-0.05, 0) is 43.5 Å². The number of nitrogens with one attached hydrogen (secondary N) is 1. The zero-order valence-electron chi connectivity index (χ0n) is 8.78. The zero-order chi connectivity index (χ0) is 11.5. The molecule has 1 aromatic carbocycles. The Morgan fingerprint density at radius 2 is 2.38 bits per heavy atom. The molecule has 5 heteroatoms. The van der Waals surface area contributed by atoms with E-state index >= 15 is 0 Å². The van der Waals surface area contributed by atoms with Gasteiger partial charge in [0, 0.05) is 12.1 Å². The largest absolute Gasteiger partial charge is 0.316 e. The summed E-state index contributed by atoms with van der Waals surface area (Å²) in [6.45, 7) is 1.81. The van der Waals surface area contributed by atoms with Gasteiger partial charge in [-0.3, -0.25) is 10.1 Å². The number of hydrogen-bond donors (Lipinski definition) is 1. The van der Waals surface area contributed by atoms with Crippen LogP contribution in [0.1, 0.15) is 12.0 Å². The van der Waals surface area contributed by atoms with Gasteiger partial charge < -0.3 is 5.32 Å². The van der Waals surface area contributed by atoms with Crippen LogP contribution in [0, 0.1) is 21.8 Å². The molecule has 0 amide bonds. The molecule has 86 valence electrons. The molecule has 1 aliphatic heterocycles. The Balaban J connectivity index is 2.17. The average Bonchev–Trinajstić information content (AvgIpc) is 2.73. The number of non-ortho nitro benzene ring substituents is 1. The first-order chi connectivity index (χ1) is 7.66. The molecule has 0 radical (unpaired) electrons. The van der Waals surface area contributed by atoms with E-state index in [4.69, 9.17) is 0 Å². The standard InChI is InChI=1S/C11H13FN2O2/c12-11-2-1-10(14(15)16)6-9(11)5-8-3-4-13-7-8/h1-2,6,8,13H,3-5,7H2. The van der Waals surface area contributed by atoms with Crippen molar-refractivity contribution in [3.8, 4) is 0 Å². The number of nitro groups is 1. The second-order valence-electron chi connectivity index (χ2n) is 4.10. The SMILES string of the molecule is O=[N+]([O-])c1ccc(F)c(CC2CCNC2)c1. The van der Waals surface area contributed by atoms with Crippen molar-refractivity contribution in [1.29, 1.82) is 0 Å². The van der Waals surface area contributed by atoms with Crippen LogP contribution in [0.3, 0.4) is 0 Å². The van der Waals surface area contributed by atoms with E-state index in [9.17, 15) is 14.5 Å². The Morgan fingerprint density at radius 1 is 1.56 bits per heavy atom. The Bertz CT molecular complexity index is 403. The third-order valence-corrected chi connectivity index (χ3v) is 2.91. The molecule has 0 bridgehead atoms. The molecule has 1 N–H and O–H groups in total. The fourth-order valence-corrected chi connectivity index (χ4v) is 2.03. The maximum Gasteiger partial charge on any atom is 0.269 e. The normalized spacial score (nSPS) is 19.9. The van der Waals surface area contributed by atoms with Gasteiger partial charge in [-0.25, -0.2) is 4.39 Å². The first kappa shape index (κ1) is 11.0. The monoisotopic (exact) mass is 224 g/mol. The van der Waals surface area contributed by atoms with Gasteiger partial charge in [0.05, 0.1) is 4.92 Å². The topological polar surface area (TPSA) is 55.2 Å². The molecule has 1 aromatic rings. The summed E-state index contributed by atoms with van der Waals surface area (Å²) in [7, 11) is 0. The van der Waals surface area contributed by atoms with Crippen LogP contribution in [0.25, 0.3) is 0 Å². The molecule has 1 fully saturated rings. The average molecular weight is 224 g/mol. The number of benzene rings is 1. The summed E-state index contributed by atoms with van der Waals surface area (Å²) in [5.74, 6) is 0.0361. The van der Waals surface area contributed by atoms with Crippen LogP contribution in [0.5, 0.6) is 0 Å². The van der Waals surface area contributed by atoms with Crippen LogP contribution in [-0.2, 0) is 6.42 Å². The lowest BCUT2D eigenvalue weighted by molar-refractivity contribution is -0.385. The van der Waals surface area contributed by atoms with Crippen molar-refractivity contribution >= 4 is 5.69 Å². The zero-order valence-corrected chi connectivity index (χ0v) is 8.78. The number of nitro benzene ring substituents is 1. The van der Waals surface area contributed by atoms with Gasteiger partial charge in [0.1, 0.15) is 5.82 Å². The molecule has 1 saturated heterocycles. The Kier molecular flexibility index (Phi) is 3.14. The number of hydrogen-bond acceptors (Lipinski definition) is 3. The summed E-state index contributed by atoms with van der Waals surface area (Å²) in [5, 5.41) is 13.8. The van der Waals surface area contributed by atoms with Gasteiger partial charge in [0.25, 0.3) is 5.69 Å². The van der Waals surface area contributed by atoms with Crippen LogP contribution >= 0.6 is 0 Å². The van der Waals surface area contributed by atoms with Crippen molar-refractivity contribution in [2.75, 3.05) is 13.1 Å². The highest BCUT2D eigenvalue weighted by Crippen LogP contribution is 2.21. The third kappa shape index (κ3) is 2.36. The molecule has 1 unspecified atom stereocenters. The molecule has 1 atom stereocenters. The molecule has 0 aliphatic carbocycles. The number of rotatable bonds is 3. The van der Waals surface area contributed by atoms with Crippen LogP contribution in [0.4, 0.5) is 10.1 Å². The lowest BCUT2D eigenvalue weighted by Crippen LogP contribution is -2.11. The highest BCUT2D eigenvalue weighted by Gasteiger charge is 2.18. The van der Waals surface area contributed by atoms with Crippen LogP contribution in [0.2, 0.25) is 0 Å². The van der Waals surface area contributed by atoms with E-state index in [2.05, 4.69) is 5.32 Å². The predicted molar refractivity (Wildman–Crippen MR) is 57.7 cm³/mol. The first-order valence-electron chi connectivity index (χ1n) is 5.30. The van der Waals surface area contributed by atoms with E-state index in [1.54, 1.807) is 0 Å². The summed E-state index contributed by atoms with van der Waals surface area (Å²) in [6, 6.07) is 3.72. The lowest BCUT2D eigenvalue weighted by Gasteiger charge is -2.08. The molecule has 0 spiro atoms. The van der Waals surface area contributed by atoms with Crippen LogP contribution in [0.15, 0.2) is 18.2 Å². The minimum Gasteiger partial charge on any atom is -0.316 e. The summed E-state index contributed by atoms with van der Waals surface area (Å²) >= 11 is 0. The predicted octanol–water partition coefficient (Wildman–Crippen LogP) is 1.89. The molecule has 0 saturated carbocycles. The molecule has 16 heavy (non-hydrogen) atoms. The summed E-state index contributed by atoms with van der Waals surface area (Å²) < 4.78 is 13.4. The smallest absolute Gasteiger partial charge is 0.269 e. The minimum atomic E-state index is -0.490. The van der Waals surface area contributed by atoms with Gasteiger partial charge in [-0.15, -0.1) is 0 Å². The minimum absolute atomic E-state index is 0.0395. The Morgan fingerprint density at radius 3 is 3.00 bits per heavy atom. The van der Waals surface area contributed by atoms with Gasteiger partial charge in [0.15, 0.2) is 0 Å². The number of nitrogens with zero attached hydrogens (tertiary/aromatic N) is 1. The highest BCUT2D eigenvalue weighted by atomic mass is 19.1. The molecule has 4 nitrogen and oxygen atoms in total. The molecule has 0 aromatic heterocycles. The maximum absolute atomic E-state index is 13.4. The first-order valence-corrected chi connectivity index (χ1v) is 5.30. The molecular weight excluding hydrogens is 211 g/mol. The van der Waals surface area contributed by atoms with Crippen molar-refractivity contribution < 1.29 is 9.31 Å². The van der Waals surface area contributed by atoms with Crippen molar-refractivity contribution in [2.45, 2.75) is 12.8 Å². The van der Waals surface area contributed by atoms with Crippen LogP contribution < -0.4 is 5.32 Å². The molecular formula is C11H13FN2O2. The van der Waals surface area contributed by atoms with E-state index in [1.807, 2.05) is 0 Å². The van der Waals surface area contributed by atoms with Crippen molar-refractivity contribution in [2.24, 2.45) is 5.92 Å². The van der Waals surface area contributed by atoms with Gasteiger partial charge in [0.2, 0.25) is 0 Å². The summed E-state index contributed by atoms with van der Waals surface area (Å²) in [6.07, 6.45) is 1.57. The second kappa shape index (κ2) is 4.57. The van der Waals surface area contributed by atoms with Gasteiger partial charge >= 0.3 is 0 Å². The van der Waals surface area contributed by atoms with E-state index < -0.39 is 4.92 Å². The fourth-order valence-electron chi connectivity index (χ4n) is 2.03. The van der Waals surface area contributed by atoms with Crippen molar-refractivity contribution in [1.82, 2.24) is 5.32 Å². The van der Waals surface area contributed by atoms with Crippen LogP contribution in [-0.4, -0.2) is 18.0 Å².